The quantitative estimate of drug-likeness (QED) is 0.690. The molecule has 3 aromatic rings. The Bertz CT molecular complexity index is 687. The van der Waals surface area contributed by atoms with Crippen molar-refractivity contribution in [1.82, 2.24) is 0 Å². The predicted octanol–water partition coefficient (Wildman–Crippen LogP) is 5.48. The molecule has 0 aliphatic carbocycles. The van der Waals surface area contributed by atoms with E-state index in [1.54, 1.807) is 12.1 Å². The predicted molar refractivity (Wildman–Crippen MR) is 92.3 cm³/mol. The molecule has 0 atom stereocenters. The van der Waals surface area contributed by atoms with Crippen molar-refractivity contribution in [3.8, 4) is 5.75 Å². The topological polar surface area (TPSA) is 23.5 Å². The molecule has 0 bridgehead atoms. The fourth-order valence-corrected chi connectivity index (χ4v) is 2.61. The van der Waals surface area contributed by atoms with Crippen molar-refractivity contribution in [3.63, 3.8) is 0 Å². The Labute approximate surface area is 131 Å². The lowest BCUT2D eigenvalue weighted by molar-refractivity contribution is 0.475. The first-order valence-electron chi connectivity index (χ1n) is 7.36. The van der Waals surface area contributed by atoms with E-state index >= 15 is 0 Å². The number of hydrogen-bond donors (Lipinski definition) is 1. The molecule has 22 heavy (non-hydrogen) atoms. The van der Waals surface area contributed by atoms with Crippen molar-refractivity contribution < 1.29 is 5.11 Å². The standard InChI is InChI=1S/C20H19NO/c1-15-6-3-8-17(12-15)21(18-9-4-7-16(2)13-18)19-10-5-11-20(22)14-19/h3-14,22H,1-2H3. The maximum absolute atomic E-state index is 9.84. The smallest absolute Gasteiger partial charge is 0.117 e. The first-order valence-corrected chi connectivity index (χ1v) is 7.36. The third-order valence-corrected chi connectivity index (χ3v) is 3.61. The van der Waals surface area contributed by atoms with Crippen LogP contribution < -0.4 is 4.90 Å². The van der Waals surface area contributed by atoms with Crippen molar-refractivity contribution >= 4 is 17.1 Å². The highest BCUT2D eigenvalue weighted by Gasteiger charge is 2.12. The number of nitrogens with zero attached hydrogens (tertiary/aromatic N) is 1. The Hall–Kier alpha value is -2.74. The first kappa shape index (κ1) is 14.2. The summed E-state index contributed by atoms with van der Waals surface area (Å²) in [6.07, 6.45) is 0. The molecule has 2 nitrogen and oxygen atoms in total. The molecule has 0 saturated heterocycles. The monoisotopic (exact) mass is 289 g/mol. The van der Waals surface area contributed by atoms with E-state index in [0.717, 1.165) is 17.1 Å². The summed E-state index contributed by atoms with van der Waals surface area (Å²) in [4.78, 5) is 2.15. The molecule has 1 N–H and O–H groups in total. The van der Waals surface area contributed by atoms with Crippen LogP contribution in [-0.2, 0) is 0 Å². The summed E-state index contributed by atoms with van der Waals surface area (Å²) in [5, 5.41) is 9.84. The van der Waals surface area contributed by atoms with E-state index in [2.05, 4.69) is 67.3 Å². The number of aromatic hydroxyl groups is 1. The van der Waals surface area contributed by atoms with Gasteiger partial charge in [-0.3, -0.25) is 0 Å². The van der Waals surface area contributed by atoms with E-state index in [4.69, 9.17) is 0 Å². The molecule has 3 rings (SSSR count). The van der Waals surface area contributed by atoms with Crippen LogP contribution in [0, 0.1) is 13.8 Å². The molecule has 0 fully saturated rings. The maximum Gasteiger partial charge on any atom is 0.117 e. The van der Waals surface area contributed by atoms with Gasteiger partial charge in [-0.15, -0.1) is 0 Å². The Morgan fingerprint density at radius 1 is 0.636 bits per heavy atom. The largest absolute Gasteiger partial charge is 0.508 e. The molecular formula is C20H19NO. The van der Waals surface area contributed by atoms with Gasteiger partial charge in [0, 0.05) is 23.1 Å². The number of phenols is 1. The van der Waals surface area contributed by atoms with Crippen LogP contribution in [-0.4, -0.2) is 5.11 Å². The van der Waals surface area contributed by atoms with Crippen molar-refractivity contribution in [2.24, 2.45) is 0 Å². The Morgan fingerprint density at radius 3 is 1.55 bits per heavy atom. The molecule has 0 heterocycles. The van der Waals surface area contributed by atoms with Crippen LogP contribution in [0.4, 0.5) is 17.1 Å². The summed E-state index contributed by atoms with van der Waals surface area (Å²) < 4.78 is 0. The van der Waals surface area contributed by atoms with Gasteiger partial charge in [-0.2, -0.15) is 0 Å². The summed E-state index contributed by atoms with van der Waals surface area (Å²) >= 11 is 0. The van der Waals surface area contributed by atoms with Crippen LogP contribution in [0.25, 0.3) is 0 Å². The van der Waals surface area contributed by atoms with Gasteiger partial charge in [0.25, 0.3) is 0 Å². The molecule has 110 valence electrons. The SMILES string of the molecule is Cc1cccc(N(c2cccc(C)c2)c2cccc(O)c2)c1. The average molecular weight is 289 g/mol. The molecule has 3 aromatic carbocycles. The second-order valence-electron chi connectivity index (χ2n) is 5.53. The Balaban J connectivity index is 2.18. The van der Waals surface area contributed by atoms with Gasteiger partial charge >= 0.3 is 0 Å². The molecule has 0 radical (unpaired) electrons. The van der Waals surface area contributed by atoms with Crippen molar-refractivity contribution in [1.29, 1.82) is 0 Å². The summed E-state index contributed by atoms with van der Waals surface area (Å²) in [6.45, 7) is 4.17. The van der Waals surface area contributed by atoms with Crippen molar-refractivity contribution in [2.45, 2.75) is 13.8 Å². The highest BCUT2D eigenvalue weighted by atomic mass is 16.3. The van der Waals surface area contributed by atoms with Gasteiger partial charge in [-0.1, -0.05) is 30.3 Å². The second-order valence-corrected chi connectivity index (χ2v) is 5.53. The first-order chi connectivity index (χ1) is 10.6. The molecule has 0 amide bonds. The number of anilines is 3. The van der Waals surface area contributed by atoms with Gasteiger partial charge in [0.2, 0.25) is 0 Å². The molecule has 0 unspecified atom stereocenters. The Morgan fingerprint density at radius 2 is 1.09 bits per heavy atom. The third kappa shape index (κ3) is 2.96. The van der Waals surface area contributed by atoms with E-state index in [9.17, 15) is 5.11 Å². The van der Waals surface area contributed by atoms with E-state index < -0.39 is 0 Å². The van der Waals surface area contributed by atoms with Gasteiger partial charge in [0.15, 0.2) is 0 Å². The van der Waals surface area contributed by atoms with Gasteiger partial charge in [-0.25, -0.2) is 0 Å². The zero-order valence-corrected chi connectivity index (χ0v) is 12.8. The lowest BCUT2D eigenvalue weighted by Crippen LogP contribution is -2.10. The maximum atomic E-state index is 9.84. The minimum Gasteiger partial charge on any atom is -0.508 e. The molecule has 0 aliphatic rings. The second kappa shape index (κ2) is 5.94. The lowest BCUT2D eigenvalue weighted by Gasteiger charge is -2.26. The lowest BCUT2D eigenvalue weighted by atomic mass is 10.1. The van der Waals surface area contributed by atoms with E-state index in [-0.39, 0.29) is 5.75 Å². The number of benzene rings is 3. The van der Waals surface area contributed by atoms with Crippen LogP contribution in [0.1, 0.15) is 11.1 Å². The highest BCUT2D eigenvalue weighted by molar-refractivity contribution is 5.77. The van der Waals surface area contributed by atoms with Crippen LogP contribution in [0.3, 0.4) is 0 Å². The van der Waals surface area contributed by atoms with E-state index in [1.165, 1.54) is 11.1 Å². The molecule has 2 heteroatoms. The number of aryl methyl sites for hydroxylation is 2. The van der Waals surface area contributed by atoms with E-state index in [0.29, 0.717) is 0 Å². The summed E-state index contributed by atoms with van der Waals surface area (Å²) in [7, 11) is 0. The van der Waals surface area contributed by atoms with Gasteiger partial charge in [0.05, 0.1) is 0 Å². The van der Waals surface area contributed by atoms with Gasteiger partial charge in [-0.05, 0) is 61.4 Å². The molecule has 0 aromatic heterocycles. The molecule has 0 saturated carbocycles. The van der Waals surface area contributed by atoms with Gasteiger partial charge in [0.1, 0.15) is 5.75 Å². The number of rotatable bonds is 3. The average Bonchev–Trinajstić information content (AvgIpc) is 2.48. The van der Waals surface area contributed by atoms with Crippen LogP contribution in [0.15, 0.2) is 72.8 Å². The van der Waals surface area contributed by atoms with Crippen molar-refractivity contribution in [2.75, 3.05) is 4.90 Å². The van der Waals surface area contributed by atoms with E-state index in [1.807, 2.05) is 12.1 Å². The molecular weight excluding hydrogens is 270 g/mol. The number of hydrogen-bond acceptors (Lipinski definition) is 2. The molecule has 0 spiro atoms. The fourth-order valence-electron chi connectivity index (χ4n) is 2.61. The zero-order chi connectivity index (χ0) is 15.5. The number of phenolic OH excluding ortho intramolecular Hbond substituents is 1. The highest BCUT2D eigenvalue weighted by Crippen LogP contribution is 2.36. The summed E-state index contributed by atoms with van der Waals surface area (Å²) in [5.41, 5.74) is 5.51. The Kier molecular flexibility index (Phi) is 3.84. The van der Waals surface area contributed by atoms with Crippen molar-refractivity contribution in [3.05, 3.63) is 83.9 Å². The fraction of sp³-hybridized carbons (Fsp3) is 0.100. The normalized spacial score (nSPS) is 10.5. The minimum absolute atomic E-state index is 0.266. The van der Waals surface area contributed by atoms with Crippen LogP contribution in [0.5, 0.6) is 5.75 Å². The summed E-state index contributed by atoms with van der Waals surface area (Å²) in [5.74, 6) is 0.266. The van der Waals surface area contributed by atoms with Gasteiger partial charge < -0.3 is 10.0 Å². The molecule has 0 aliphatic heterocycles. The van der Waals surface area contributed by atoms with Crippen LogP contribution in [0.2, 0.25) is 0 Å². The third-order valence-electron chi connectivity index (χ3n) is 3.61. The zero-order valence-electron chi connectivity index (χ0n) is 12.8. The minimum atomic E-state index is 0.266. The van der Waals surface area contributed by atoms with Crippen LogP contribution >= 0.6 is 0 Å². The summed E-state index contributed by atoms with van der Waals surface area (Å²) in [6, 6.07) is 24.1.